The molecule has 0 saturated heterocycles. The largest absolute Gasteiger partial charge is 0.466 e. The van der Waals surface area contributed by atoms with Crippen LogP contribution in [0.15, 0.2) is 40.2 Å². The molecule has 3 nitrogen and oxygen atoms in total. The normalized spacial score (nSPS) is 13.9. The van der Waals surface area contributed by atoms with E-state index in [0.717, 1.165) is 5.56 Å². The molecule has 2 aromatic rings. The third-order valence-electron chi connectivity index (χ3n) is 2.94. The number of carbonyl (C=O) groups excluding carboxylic acids is 1. The van der Waals surface area contributed by atoms with Crippen molar-refractivity contribution in [2.24, 2.45) is 0 Å². The Labute approximate surface area is 124 Å². The van der Waals surface area contributed by atoms with E-state index in [2.05, 4.69) is 15.9 Å². The van der Waals surface area contributed by atoms with Gasteiger partial charge < -0.3 is 9.84 Å². The van der Waals surface area contributed by atoms with E-state index < -0.39 is 11.6 Å². The Balaban J connectivity index is 2.70. The van der Waals surface area contributed by atoms with E-state index in [9.17, 15) is 9.90 Å². The van der Waals surface area contributed by atoms with Gasteiger partial charge >= 0.3 is 5.97 Å². The predicted molar refractivity (Wildman–Crippen MR) is 78.2 cm³/mol. The van der Waals surface area contributed by atoms with Gasteiger partial charge in [-0.1, -0.05) is 34.1 Å². The highest BCUT2D eigenvalue weighted by Gasteiger charge is 2.44. The molecule has 2 rings (SSSR count). The molecule has 0 amide bonds. The second-order valence-electron chi connectivity index (χ2n) is 4.11. The van der Waals surface area contributed by atoms with Crippen molar-refractivity contribution < 1.29 is 14.6 Å². The van der Waals surface area contributed by atoms with E-state index in [-0.39, 0.29) is 0 Å². The number of hydrogen-bond acceptors (Lipinski definition) is 4. The van der Waals surface area contributed by atoms with E-state index in [1.54, 1.807) is 18.2 Å². The first-order valence-corrected chi connectivity index (χ1v) is 7.29. The van der Waals surface area contributed by atoms with Crippen molar-refractivity contribution in [2.75, 3.05) is 7.11 Å². The van der Waals surface area contributed by atoms with Crippen LogP contribution in [-0.4, -0.2) is 18.2 Å². The molecule has 0 aliphatic carbocycles. The Morgan fingerprint density at radius 3 is 2.58 bits per heavy atom. The number of esters is 1. The van der Waals surface area contributed by atoms with Crippen LogP contribution in [0.25, 0.3) is 0 Å². The lowest BCUT2D eigenvalue weighted by Crippen LogP contribution is -2.38. The first-order chi connectivity index (χ1) is 9.01. The Hall–Kier alpha value is -1.17. The molecular weight excluding hydrogens is 328 g/mol. The summed E-state index contributed by atoms with van der Waals surface area (Å²) in [5, 5.41) is 12.8. The third-order valence-corrected chi connectivity index (χ3v) is 4.75. The maximum Gasteiger partial charge on any atom is 0.348 e. The predicted octanol–water partition coefficient (Wildman–Crippen LogP) is 3.23. The van der Waals surface area contributed by atoms with Crippen LogP contribution in [0.3, 0.4) is 0 Å². The van der Waals surface area contributed by atoms with Crippen LogP contribution < -0.4 is 0 Å². The van der Waals surface area contributed by atoms with Crippen LogP contribution >= 0.6 is 27.3 Å². The van der Waals surface area contributed by atoms with Gasteiger partial charge in [0.25, 0.3) is 0 Å². The topological polar surface area (TPSA) is 46.5 Å². The van der Waals surface area contributed by atoms with Gasteiger partial charge in [-0.25, -0.2) is 4.79 Å². The first kappa shape index (κ1) is 14.2. The molecular formula is C14H13BrO3S. The second-order valence-corrected chi connectivity index (χ2v) is 5.89. The molecule has 1 atom stereocenters. The zero-order chi connectivity index (χ0) is 14.0. The second kappa shape index (κ2) is 5.45. The summed E-state index contributed by atoms with van der Waals surface area (Å²) in [5.41, 5.74) is -0.450. The Morgan fingerprint density at radius 1 is 1.37 bits per heavy atom. The maximum atomic E-state index is 12.2. The summed E-state index contributed by atoms with van der Waals surface area (Å²) < 4.78 is 5.46. The number of rotatable bonds is 3. The fourth-order valence-corrected chi connectivity index (χ4v) is 3.57. The minimum Gasteiger partial charge on any atom is -0.466 e. The molecule has 1 unspecified atom stereocenters. The molecule has 1 heterocycles. The quantitative estimate of drug-likeness (QED) is 0.872. The fraction of sp³-hybridized carbons (Fsp3) is 0.214. The minimum atomic E-state index is -1.78. The number of aliphatic hydroxyl groups is 1. The summed E-state index contributed by atoms with van der Waals surface area (Å²) in [7, 11) is 1.27. The molecule has 100 valence electrons. The fourth-order valence-electron chi connectivity index (χ4n) is 1.97. The van der Waals surface area contributed by atoms with Crippen molar-refractivity contribution in [3.8, 4) is 0 Å². The zero-order valence-corrected chi connectivity index (χ0v) is 12.9. The van der Waals surface area contributed by atoms with Crippen molar-refractivity contribution >= 4 is 33.2 Å². The zero-order valence-electron chi connectivity index (χ0n) is 10.5. The van der Waals surface area contributed by atoms with E-state index in [1.807, 2.05) is 24.4 Å². The molecule has 1 aromatic heterocycles. The number of aryl methyl sites for hydroxylation is 1. The highest BCUT2D eigenvalue weighted by Crippen LogP contribution is 2.39. The molecule has 0 saturated carbocycles. The van der Waals surface area contributed by atoms with Gasteiger partial charge in [0, 0.05) is 10.0 Å². The minimum absolute atomic E-state index is 0.479. The highest BCUT2D eigenvalue weighted by molar-refractivity contribution is 9.10. The Morgan fingerprint density at radius 2 is 2.05 bits per heavy atom. The molecule has 0 aliphatic rings. The summed E-state index contributed by atoms with van der Waals surface area (Å²) >= 11 is 4.71. The smallest absolute Gasteiger partial charge is 0.348 e. The van der Waals surface area contributed by atoms with Crippen LogP contribution in [0.1, 0.15) is 16.0 Å². The average molecular weight is 341 g/mol. The standard InChI is InChI=1S/C14H13BrO3S/c1-9-7-8-19-12(9)14(17,13(16)18-2)10-5-3-4-6-11(10)15/h3-8,17H,1-2H3. The van der Waals surface area contributed by atoms with E-state index in [0.29, 0.717) is 14.9 Å². The van der Waals surface area contributed by atoms with Crippen LogP contribution in [0.4, 0.5) is 0 Å². The first-order valence-electron chi connectivity index (χ1n) is 5.62. The number of halogens is 1. The molecule has 0 bridgehead atoms. The van der Waals surface area contributed by atoms with Gasteiger partial charge in [0.15, 0.2) is 0 Å². The number of hydrogen-bond donors (Lipinski definition) is 1. The number of carbonyl (C=O) groups is 1. The van der Waals surface area contributed by atoms with Gasteiger partial charge in [-0.2, -0.15) is 0 Å². The summed E-state index contributed by atoms with van der Waals surface area (Å²) in [6, 6.07) is 8.96. The van der Waals surface area contributed by atoms with Crippen LogP contribution in [0.5, 0.6) is 0 Å². The van der Waals surface area contributed by atoms with Crippen molar-refractivity contribution in [3.63, 3.8) is 0 Å². The van der Waals surface area contributed by atoms with Gasteiger partial charge in [-0.3, -0.25) is 0 Å². The monoisotopic (exact) mass is 340 g/mol. The van der Waals surface area contributed by atoms with Crippen molar-refractivity contribution in [2.45, 2.75) is 12.5 Å². The lowest BCUT2D eigenvalue weighted by atomic mass is 9.90. The summed E-state index contributed by atoms with van der Waals surface area (Å²) in [4.78, 5) is 12.7. The third kappa shape index (κ3) is 2.33. The molecule has 0 radical (unpaired) electrons. The SMILES string of the molecule is COC(=O)C(O)(c1ccccc1Br)c1sccc1C. The molecule has 0 aliphatic heterocycles. The summed E-state index contributed by atoms with van der Waals surface area (Å²) in [6.45, 7) is 1.86. The van der Waals surface area contributed by atoms with Crippen molar-refractivity contribution in [3.05, 3.63) is 56.2 Å². The van der Waals surface area contributed by atoms with Crippen molar-refractivity contribution in [1.82, 2.24) is 0 Å². The average Bonchev–Trinajstić information content (AvgIpc) is 2.84. The van der Waals surface area contributed by atoms with E-state index in [4.69, 9.17) is 4.74 Å². The number of thiophene rings is 1. The molecule has 1 N–H and O–H groups in total. The lowest BCUT2D eigenvalue weighted by molar-refractivity contribution is -0.158. The number of benzene rings is 1. The van der Waals surface area contributed by atoms with Gasteiger partial charge in [0.1, 0.15) is 0 Å². The Bertz CT molecular complexity index is 608. The van der Waals surface area contributed by atoms with E-state index in [1.165, 1.54) is 18.4 Å². The van der Waals surface area contributed by atoms with E-state index >= 15 is 0 Å². The van der Waals surface area contributed by atoms with Crippen LogP contribution in [0.2, 0.25) is 0 Å². The molecule has 0 fully saturated rings. The molecule has 19 heavy (non-hydrogen) atoms. The number of ether oxygens (including phenoxy) is 1. The number of methoxy groups -OCH3 is 1. The highest BCUT2D eigenvalue weighted by atomic mass is 79.9. The van der Waals surface area contributed by atoms with Crippen molar-refractivity contribution in [1.29, 1.82) is 0 Å². The lowest BCUT2D eigenvalue weighted by Gasteiger charge is -2.26. The van der Waals surface area contributed by atoms with Gasteiger partial charge in [0.2, 0.25) is 5.60 Å². The maximum absolute atomic E-state index is 12.2. The van der Waals surface area contributed by atoms with Gasteiger partial charge in [-0.15, -0.1) is 11.3 Å². The summed E-state index contributed by atoms with van der Waals surface area (Å²) in [6.07, 6.45) is 0. The van der Waals surface area contributed by atoms with Crippen LogP contribution in [-0.2, 0) is 15.1 Å². The van der Waals surface area contributed by atoms with Gasteiger partial charge in [0.05, 0.1) is 12.0 Å². The van der Waals surface area contributed by atoms with Gasteiger partial charge in [-0.05, 0) is 30.0 Å². The Kier molecular flexibility index (Phi) is 4.08. The van der Waals surface area contributed by atoms with Crippen LogP contribution in [0, 0.1) is 6.92 Å². The molecule has 5 heteroatoms. The molecule has 0 spiro atoms. The molecule has 1 aromatic carbocycles. The summed E-state index contributed by atoms with van der Waals surface area (Å²) in [5.74, 6) is -0.690.